The van der Waals surface area contributed by atoms with Gasteiger partial charge in [0.15, 0.2) is 0 Å². The summed E-state index contributed by atoms with van der Waals surface area (Å²) >= 11 is 5.92. The number of nitrogens with one attached hydrogen (secondary N) is 1. The minimum atomic E-state index is -0.580. The first-order chi connectivity index (χ1) is 12.4. The smallest absolute Gasteiger partial charge is 0.242 e. The van der Waals surface area contributed by atoms with Crippen LogP contribution in [0.2, 0.25) is 5.02 Å². The molecule has 2 aromatic rings. The highest BCUT2D eigenvalue weighted by atomic mass is 35.5. The van der Waals surface area contributed by atoms with Crippen LogP contribution in [0.3, 0.4) is 0 Å². The zero-order chi connectivity index (χ0) is 19.1. The van der Waals surface area contributed by atoms with E-state index in [1.807, 2.05) is 19.1 Å². The highest BCUT2D eigenvalue weighted by molar-refractivity contribution is 6.30. The normalized spacial score (nSPS) is 11.7. The highest BCUT2D eigenvalue weighted by Gasteiger charge is 2.27. The number of amides is 2. The zero-order valence-electron chi connectivity index (χ0n) is 14.8. The molecular formula is C20H22ClFN2O2. The monoisotopic (exact) mass is 376 g/mol. The van der Waals surface area contributed by atoms with Gasteiger partial charge in [-0.2, -0.15) is 0 Å². The standard InChI is InChI=1S/C20H22ClFN2O2/c1-3-18(20(26)23-2)24(13-15-4-8-16(21)9-5-15)19(25)12-14-6-10-17(22)11-7-14/h4-11,18H,3,12-13H2,1-2H3,(H,23,26). The second-order valence-corrected chi connectivity index (χ2v) is 6.43. The average Bonchev–Trinajstić information content (AvgIpc) is 2.64. The molecule has 2 amide bonds. The number of halogens is 2. The minimum absolute atomic E-state index is 0.0986. The quantitative estimate of drug-likeness (QED) is 0.803. The number of hydrogen-bond acceptors (Lipinski definition) is 2. The molecule has 0 aromatic heterocycles. The number of benzene rings is 2. The Kier molecular flexibility index (Phi) is 7.16. The molecule has 1 atom stereocenters. The Morgan fingerprint density at radius 3 is 2.19 bits per heavy atom. The fourth-order valence-corrected chi connectivity index (χ4v) is 2.88. The van der Waals surface area contributed by atoms with Crippen LogP contribution in [0.4, 0.5) is 4.39 Å². The van der Waals surface area contributed by atoms with Crippen molar-refractivity contribution in [2.45, 2.75) is 32.4 Å². The van der Waals surface area contributed by atoms with Crippen LogP contribution in [0.5, 0.6) is 0 Å². The van der Waals surface area contributed by atoms with E-state index >= 15 is 0 Å². The van der Waals surface area contributed by atoms with Gasteiger partial charge < -0.3 is 10.2 Å². The third kappa shape index (κ3) is 5.30. The summed E-state index contributed by atoms with van der Waals surface area (Å²) in [6, 6.07) is 12.4. The maximum atomic E-state index is 13.1. The van der Waals surface area contributed by atoms with Gasteiger partial charge in [0.1, 0.15) is 11.9 Å². The topological polar surface area (TPSA) is 49.4 Å². The van der Waals surface area contributed by atoms with E-state index in [1.54, 1.807) is 36.2 Å². The fourth-order valence-electron chi connectivity index (χ4n) is 2.75. The van der Waals surface area contributed by atoms with Crippen LogP contribution in [0, 0.1) is 5.82 Å². The van der Waals surface area contributed by atoms with E-state index in [0.29, 0.717) is 23.6 Å². The molecule has 2 rings (SSSR count). The first kappa shape index (κ1) is 19.9. The molecule has 1 N–H and O–H groups in total. The van der Waals surface area contributed by atoms with E-state index < -0.39 is 6.04 Å². The molecule has 6 heteroatoms. The lowest BCUT2D eigenvalue weighted by Gasteiger charge is -2.30. The molecular weight excluding hydrogens is 355 g/mol. The van der Waals surface area contributed by atoms with Gasteiger partial charge in [0, 0.05) is 18.6 Å². The van der Waals surface area contributed by atoms with E-state index in [0.717, 1.165) is 5.56 Å². The average molecular weight is 377 g/mol. The van der Waals surface area contributed by atoms with Crippen molar-refractivity contribution in [3.63, 3.8) is 0 Å². The molecule has 0 fully saturated rings. The summed E-state index contributed by atoms with van der Waals surface area (Å²) in [5.74, 6) is -0.757. The van der Waals surface area contributed by atoms with Crippen LogP contribution >= 0.6 is 11.6 Å². The number of carbonyl (C=O) groups excluding carboxylic acids is 2. The second kappa shape index (κ2) is 9.34. The third-order valence-electron chi connectivity index (χ3n) is 4.17. The van der Waals surface area contributed by atoms with E-state index in [2.05, 4.69) is 5.32 Å². The Balaban J connectivity index is 2.25. The van der Waals surface area contributed by atoms with Gasteiger partial charge in [-0.05, 0) is 41.8 Å². The molecule has 0 saturated carbocycles. The van der Waals surface area contributed by atoms with E-state index in [9.17, 15) is 14.0 Å². The van der Waals surface area contributed by atoms with Crippen molar-refractivity contribution in [2.24, 2.45) is 0 Å². The lowest BCUT2D eigenvalue weighted by Crippen LogP contribution is -2.48. The van der Waals surface area contributed by atoms with Gasteiger partial charge in [-0.1, -0.05) is 42.8 Å². The molecule has 138 valence electrons. The van der Waals surface area contributed by atoms with Gasteiger partial charge in [0.25, 0.3) is 0 Å². The summed E-state index contributed by atoms with van der Waals surface area (Å²) in [7, 11) is 1.55. The number of carbonyl (C=O) groups is 2. The first-order valence-corrected chi connectivity index (χ1v) is 8.82. The first-order valence-electron chi connectivity index (χ1n) is 8.44. The number of hydrogen-bond donors (Lipinski definition) is 1. The number of nitrogens with zero attached hydrogens (tertiary/aromatic N) is 1. The van der Waals surface area contributed by atoms with Crippen LogP contribution in [-0.4, -0.2) is 29.8 Å². The summed E-state index contributed by atoms with van der Waals surface area (Å²) in [5.41, 5.74) is 1.58. The Morgan fingerprint density at radius 2 is 1.65 bits per heavy atom. The third-order valence-corrected chi connectivity index (χ3v) is 4.42. The lowest BCUT2D eigenvalue weighted by atomic mass is 10.1. The molecule has 0 heterocycles. The minimum Gasteiger partial charge on any atom is -0.357 e. The van der Waals surface area contributed by atoms with Gasteiger partial charge in [0.05, 0.1) is 6.42 Å². The van der Waals surface area contributed by atoms with Gasteiger partial charge in [-0.25, -0.2) is 4.39 Å². The van der Waals surface area contributed by atoms with Gasteiger partial charge in [0.2, 0.25) is 11.8 Å². The summed E-state index contributed by atoms with van der Waals surface area (Å²) in [6.45, 7) is 2.16. The molecule has 0 aliphatic carbocycles. The van der Waals surface area contributed by atoms with E-state index in [-0.39, 0.29) is 24.1 Å². The Bertz CT molecular complexity index is 747. The molecule has 0 saturated heterocycles. The van der Waals surface area contributed by atoms with Crippen molar-refractivity contribution in [2.75, 3.05) is 7.05 Å². The summed E-state index contributed by atoms with van der Waals surface area (Å²) in [4.78, 5) is 26.7. The molecule has 4 nitrogen and oxygen atoms in total. The van der Waals surface area contributed by atoms with Crippen molar-refractivity contribution < 1.29 is 14.0 Å². The summed E-state index contributed by atoms with van der Waals surface area (Å²) < 4.78 is 13.1. The predicted molar refractivity (Wildman–Crippen MR) is 100 cm³/mol. The predicted octanol–water partition coefficient (Wildman–Crippen LogP) is 3.58. The van der Waals surface area contributed by atoms with Crippen molar-refractivity contribution in [3.05, 3.63) is 70.5 Å². The second-order valence-electron chi connectivity index (χ2n) is 5.99. The molecule has 2 aromatic carbocycles. The zero-order valence-corrected chi connectivity index (χ0v) is 15.6. The largest absolute Gasteiger partial charge is 0.357 e. The van der Waals surface area contributed by atoms with E-state index in [1.165, 1.54) is 12.1 Å². The fraction of sp³-hybridized carbons (Fsp3) is 0.300. The number of likely N-dealkylation sites (N-methyl/N-ethyl adjacent to an activating group) is 1. The van der Waals surface area contributed by atoms with Crippen LogP contribution in [-0.2, 0) is 22.6 Å². The molecule has 0 aliphatic heterocycles. The Hall–Kier alpha value is -2.40. The van der Waals surface area contributed by atoms with Gasteiger partial charge in [-0.15, -0.1) is 0 Å². The Morgan fingerprint density at radius 1 is 1.08 bits per heavy atom. The van der Waals surface area contributed by atoms with Crippen LogP contribution in [0.25, 0.3) is 0 Å². The van der Waals surface area contributed by atoms with Crippen molar-refractivity contribution in [1.29, 1.82) is 0 Å². The maximum absolute atomic E-state index is 13.1. The summed E-state index contributed by atoms with van der Waals surface area (Å²) in [5, 5.41) is 3.22. The van der Waals surface area contributed by atoms with Crippen LogP contribution < -0.4 is 5.32 Å². The van der Waals surface area contributed by atoms with Crippen LogP contribution in [0.15, 0.2) is 48.5 Å². The van der Waals surface area contributed by atoms with Crippen molar-refractivity contribution in [1.82, 2.24) is 10.2 Å². The van der Waals surface area contributed by atoms with Crippen molar-refractivity contribution >= 4 is 23.4 Å². The molecule has 1 unspecified atom stereocenters. The number of rotatable bonds is 7. The molecule has 0 aliphatic rings. The van der Waals surface area contributed by atoms with Crippen LogP contribution in [0.1, 0.15) is 24.5 Å². The highest BCUT2D eigenvalue weighted by Crippen LogP contribution is 2.17. The van der Waals surface area contributed by atoms with Gasteiger partial charge in [-0.3, -0.25) is 9.59 Å². The SMILES string of the molecule is CCC(C(=O)NC)N(Cc1ccc(Cl)cc1)C(=O)Cc1ccc(F)cc1. The summed E-state index contributed by atoms with van der Waals surface area (Å²) in [6.07, 6.45) is 0.587. The van der Waals surface area contributed by atoms with Crippen molar-refractivity contribution in [3.8, 4) is 0 Å². The van der Waals surface area contributed by atoms with Gasteiger partial charge >= 0.3 is 0 Å². The molecule has 0 bridgehead atoms. The maximum Gasteiger partial charge on any atom is 0.242 e. The molecule has 0 spiro atoms. The molecule has 0 radical (unpaired) electrons. The molecule has 26 heavy (non-hydrogen) atoms. The lowest BCUT2D eigenvalue weighted by molar-refractivity contribution is -0.140. The van der Waals surface area contributed by atoms with E-state index in [4.69, 9.17) is 11.6 Å². The Labute approximate surface area is 158 Å².